The summed E-state index contributed by atoms with van der Waals surface area (Å²) in [7, 11) is 1.83. The van der Waals surface area contributed by atoms with E-state index in [0.717, 1.165) is 11.3 Å². The molecule has 1 heterocycles. The Bertz CT molecular complexity index is 521. The molecule has 1 N–H and O–H groups in total. The number of aromatic hydroxyl groups is 1. The summed E-state index contributed by atoms with van der Waals surface area (Å²) in [6, 6.07) is 6.18. The van der Waals surface area contributed by atoms with Crippen molar-refractivity contribution in [1.82, 2.24) is 9.78 Å². The topological polar surface area (TPSA) is 38.0 Å². The molecule has 0 aliphatic carbocycles. The summed E-state index contributed by atoms with van der Waals surface area (Å²) >= 11 is 0. The fourth-order valence-corrected chi connectivity index (χ4v) is 1.90. The summed E-state index contributed by atoms with van der Waals surface area (Å²) in [6.45, 7) is 5.95. The van der Waals surface area contributed by atoms with Gasteiger partial charge in [0.05, 0.1) is 5.69 Å². The van der Waals surface area contributed by atoms with Crippen molar-refractivity contribution in [2.75, 3.05) is 0 Å². The van der Waals surface area contributed by atoms with E-state index in [2.05, 4.69) is 11.2 Å². The predicted octanol–water partition coefficient (Wildman–Crippen LogP) is 2.72. The third-order valence-corrected chi connectivity index (χ3v) is 2.80. The lowest BCUT2D eigenvalue weighted by Crippen LogP contribution is -1.92. The number of hydrogen-bond donors (Lipinski definition) is 1. The van der Waals surface area contributed by atoms with Gasteiger partial charge < -0.3 is 5.11 Å². The number of benzene rings is 1. The fraction of sp³-hybridized carbons (Fsp3) is 0.308. The van der Waals surface area contributed by atoms with Crippen LogP contribution in [0.15, 0.2) is 18.2 Å². The van der Waals surface area contributed by atoms with Gasteiger partial charge in [0, 0.05) is 12.6 Å². The first-order valence-electron chi connectivity index (χ1n) is 5.30. The number of aryl methyl sites for hydroxylation is 3. The van der Waals surface area contributed by atoms with Gasteiger partial charge in [-0.25, -0.2) is 0 Å². The molecule has 0 radical (unpaired) electrons. The molecule has 2 rings (SSSR count). The first-order chi connectivity index (χ1) is 7.49. The van der Waals surface area contributed by atoms with Gasteiger partial charge in [0.1, 0.15) is 5.69 Å². The van der Waals surface area contributed by atoms with Crippen LogP contribution in [0.2, 0.25) is 0 Å². The minimum Gasteiger partial charge on any atom is -0.504 e. The van der Waals surface area contributed by atoms with Gasteiger partial charge in [-0.2, -0.15) is 5.10 Å². The quantitative estimate of drug-likeness (QED) is 0.796. The van der Waals surface area contributed by atoms with Gasteiger partial charge in [-0.05, 0) is 32.9 Å². The summed E-state index contributed by atoms with van der Waals surface area (Å²) in [5.41, 5.74) is 4.77. The van der Waals surface area contributed by atoms with Crippen LogP contribution in [0.1, 0.15) is 16.8 Å². The van der Waals surface area contributed by atoms with Crippen molar-refractivity contribution in [3.05, 3.63) is 35.0 Å². The SMILES string of the molecule is Cc1cc(C)cc(-c2nn(C)c(C)c2O)c1. The van der Waals surface area contributed by atoms with E-state index in [1.165, 1.54) is 11.1 Å². The van der Waals surface area contributed by atoms with Gasteiger partial charge in [-0.1, -0.05) is 17.2 Å². The highest BCUT2D eigenvalue weighted by atomic mass is 16.3. The number of hydrogen-bond acceptors (Lipinski definition) is 2. The smallest absolute Gasteiger partial charge is 0.164 e. The Balaban J connectivity index is 2.62. The molecule has 0 amide bonds. The average Bonchev–Trinajstić information content (AvgIpc) is 2.44. The zero-order chi connectivity index (χ0) is 11.9. The molecule has 0 unspecified atom stereocenters. The second-order valence-corrected chi connectivity index (χ2v) is 4.28. The number of nitrogens with zero attached hydrogens (tertiary/aromatic N) is 2. The summed E-state index contributed by atoms with van der Waals surface area (Å²) in [4.78, 5) is 0. The molecule has 3 heteroatoms. The van der Waals surface area contributed by atoms with Gasteiger partial charge in [0.25, 0.3) is 0 Å². The van der Waals surface area contributed by atoms with Gasteiger partial charge >= 0.3 is 0 Å². The van der Waals surface area contributed by atoms with E-state index in [1.807, 2.05) is 40.0 Å². The molecule has 16 heavy (non-hydrogen) atoms. The highest BCUT2D eigenvalue weighted by Gasteiger charge is 2.13. The van der Waals surface area contributed by atoms with Crippen LogP contribution < -0.4 is 0 Å². The van der Waals surface area contributed by atoms with E-state index in [4.69, 9.17) is 0 Å². The molecule has 1 aromatic carbocycles. The van der Waals surface area contributed by atoms with Crippen LogP contribution in [0, 0.1) is 20.8 Å². The Morgan fingerprint density at radius 2 is 1.62 bits per heavy atom. The first kappa shape index (κ1) is 10.7. The first-order valence-corrected chi connectivity index (χ1v) is 5.30. The maximum absolute atomic E-state index is 9.97. The van der Waals surface area contributed by atoms with Crippen LogP contribution in [0.25, 0.3) is 11.3 Å². The second kappa shape index (κ2) is 3.67. The van der Waals surface area contributed by atoms with Crippen molar-refractivity contribution in [3.63, 3.8) is 0 Å². The van der Waals surface area contributed by atoms with Gasteiger partial charge in [0.2, 0.25) is 0 Å². The lowest BCUT2D eigenvalue weighted by molar-refractivity contribution is 0.471. The maximum Gasteiger partial charge on any atom is 0.164 e. The average molecular weight is 216 g/mol. The van der Waals surface area contributed by atoms with Crippen LogP contribution in [0.5, 0.6) is 5.75 Å². The van der Waals surface area contributed by atoms with E-state index in [0.29, 0.717) is 5.69 Å². The molecular formula is C13H16N2O. The summed E-state index contributed by atoms with van der Waals surface area (Å²) in [5.74, 6) is 0.271. The molecule has 0 spiro atoms. The van der Waals surface area contributed by atoms with Crippen molar-refractivity contribution in [2.24, 2.45) is 7.05 Å². The molecule has 3 nitrogen and oxygen atoms in total. The molecule has 0 aliphatic rings. The third-order valence-electron chi connectivity index (χ3n) is 2.80. The van der Waals surface area contributed by atoms with E-state index in [-0.39, 0.29) is 5.75 Å². The Labute approximate surface area is 95.3 Å². The minimum absolute atomic E-state index is 0.271. The van der Waals surface area contributed by atoms with Crippen LogP contribution in [0.3, 0.4) is 0 Å². The third kappa shape index (κ3) is 1.69. The van der Waals surface area contributed by atoms with Crippen molar-refractivity contribution in [1.29, 1.82) is 0 Å². The summed E-state index contributed by atoms with van der Waals surface area (Å²) in [6.07, 6.45) is 0. The van der Waals surface area contributed by atoms with E-state index < -0.39 is 0 Å². The number of aromatic nitrogens is 2. The van der Waals surface area contributed by atoms with E-state index >= 15 is 0 Å². The maximum atomic E-state index is 9.97. The standard InChI is InChI=1S/C13H16N2O/c1-8-5-9(2)7-11(6-8)12-13(16)10(3)15(4)14-12/h5-7,16H,1-4H3. The Morgan fingerprint density at radius 1 is 1.06 bits per heavy atom. The molecule has 0 saturated heterocycles. The molecular weight excluding hydrogens is 200 g/mol. The van der Waals surface area contributed by atoms with Crippen molar-refractivity contribution in [2.45, 2.75) is 20.8 Å². The summed E-state index contributed by atoms with van der Waals surface area (Å²) in [5, 5.41) is 14.3. The Morgan fingerprint density at radius 3 is 2.06 bits per heavy atom. The Kier molecular flexibility index (Phi) is 2.46. The Hall–Kier alpha value is -1.77. The van der Waals surface area contributed by atoms with E-state index in [1.54, 1.807) is 4.68 Å². The molecule has 0 fully saturated rings. The van der Waals surface area contributed by atoms with E-state index in [9.17, 15) is 5.11 Å². The van der Waals surface area contributed by atoms with Gasteiger partial charge in [-0.3, -0.25) is 4.68 Å². The molecule has 2 aromatic rings. The van der Waals surface area contributed by atoms with Crippen molar-refractivity contribution >= 4 is 0 Å². The van der Waals surface area contributed by atoms with Crippen molar-refractivity contribution in [3.8, 4) is 17.0 Å². The van der Waals surface area contributed by atoms with Gasteiger partial charge in [-0.15, -0.1) is 0 Å². The van der Waals surface area contributed by atoms with Crippen molar-refractivity contribution < 1.29 is 5.11 Å². The molecule has 1 aromatic heterocycles. The highest BCUT2D eigenvalue weighted by Crippen LogP contribution is 2.31. The lowest BCUT2D eigenvalue weighted by Gasteiger charge is -2.02. The fourth-order valence-electron chi connectivity index (χ4n) is 1.90. The highest BCUT2D eigenvalue weighted by molar-refractivity contribution is 5.68. The van der Waals surface area contributed by atoms with Crippen LogP contribution >= 0.6 is 0 Å². The summed E-state index contributed by atoms with van der Waals surface area (Å²) < 4.78 is 1.70. The van der Waals surface area contributed by atoms with Gasteiger partial charge in [0.15, 0.2) is 5.75 Å². The zero-order valence-corrected chi connectivity index (χ0v) is 10.1. The second-order valence-electron chi connectivity index (χ2n) is 4.28. The molecule has 0 saturated carbocycles. The minimum atomic E-state index is 0.271. The predicted molar refractivity (Wildman–Crippen MR) is 64.5 cm³/mol. The molecule has 84 valence electrons. The van der Waals surface area contributed by atoms with Crippen LogP contribution in [0.4, 0.5) is 0 Å². The largest absolute Gasteiger partial charge is 0.504 e. The van der Waals surface area contributed by atoms with Crippen LogP contribution in [-0.2, 0) is 7.05 Å². The number of rotatable bonds is 1. The molecule has 0 aliphatic heterocycles. The monoisotopic (exact) mass is 216 g/mol. The lowest BCUT2D eigenvalue weighted by atomic mass is 10.0. The molecule has 0 bridgehead atoms. The van der Waals surface area contributed by atoms with Crippen LogP contribution in [-0.4, -0.2) is 14.9 Å². The molecule has 0 atom stereocenters. The normalized spacial score (nSPS) is 10.8. The zero-order valence-electron chi connectivity index (χ0n) is 10.1.